The zero-order valence-electron chi connectivity index (χ0n) is 18.0. The van der Waals surface area contributed by atoms with Gasteiger partial charge in [0.25, 0.3) is 0 Å². The Hall–Kier alpha value is -1.66. The number of benzene rings is 1. The Morgan fingerprint density at radius 1 is 1.14 bits per heavy atom. The van der Waals surface area contributed by atoms with Gasteiger partial charge in [0, 0.05) is 24.3 Å². The molecule has 1 aliphatic rings. The van der Waals surface area contributed by atoms with E-state index in [1.807, 2.05) is 11.6 Å². The van der Waals surface area contributed by atoms with Crippen molar-refractivity contribution in [2.75, 3.05) is 18.6 Å². The first-order valence-corrected chi connectivity index (χ1v) is 11.8. The molecule has 1 aromatic carbocycles. The van der Waals surface area contributed by atoms with Crippen molar-refractivity contribution in [1.82, 2.24) is 14.7 Å². The van der Waals surface area contributed by atoms with Crippen LogP contribution in [0.4, 0.5) is 0 Å². The molecule has 28 heavy (non-hydrogen) atoms. The topological polar surface area (TPSA) is 55.2 Å². The summed E-state index contributed by atoms with van der Waals surface area (Å²) in [5.74, 6) is 0.486. The molecule has 1 aliphatic heterocycles. The van der Waals surface area contributed by atoms with Gasteiger partial charge < -0.3 is 0 Å². The summed E-state index contributed by atoms with van der Waals surface area (Å²) in [7, 11) is -0.794. The minimum Gasteiger partial charge on any atom is -0.298 e. The molecule has 0 aliphatic carbocycles. The van der Waals surface area contributed by atoms with Crippen molar-refractivity contribution in [3.8, 4) is 0 Å². The van der Waals surface area contributed by atoms with Gasteiger partial charge in [0.05, 0.1) is 23.2 Å². The number of hydrogen-bond acceptors (Lipinski definition) is 4. The predicted molar refractivity (Wildman–Crippen MR) is 114 cm³/mol. The molecule has 0 spiro atoms. The van der Waals surface area contributed by atoms with Crippen LogP contribution in [-0.2, 0) is 28.3 Å². The van der Waals surface area contributed by atoms with Gasteiger partial charge >= 0.3 is 0 Å². The summed E-state index contributed by atoms with van der Waals surface area (Å²) >= 11 is 0. The van der Waals surface area contributed by atoms with Crippen LogP contribution in [0.3, 0.4) is 0 Å². The standard InChI is InChI=1S/C22H33N3O2S/c1-16-21(17(2)25(23-16)20-11-12-28(26,27)15-20)14-24(6)13-18-7-9-19(10-8-18)22(3,4)5/h7-10,20H,11-15H2,1-6H3/t20-/m1/s1. The SMILES string of the molecule is Cc1nn([C@@H]2CCS(=O)(=O)C2)c(C)c1CN(C)Cc1ccc(C(C)(C)C)cc1. The molecule has 2 aromatic rings. The van der Waals surface area contributed by atoms with E-state index < -0.39 is 9.84 Å². The number of aryl methyl sites for hydroxylation is 1. The van der Waals surface area contributed by atoms with E-state index in [0.29, 0.717) is 6.42 Å². The van der Waals surface area contributed by atoms with E-state index in [9.17, 15) is 8.42 Å². The molecule has 0 amide bonds. The van der Waals surface area contributed by atoms with Crippen LogP contribution in [0.2, 0.25) is 0 Å². The summed E-state index contributed by atoms with van der Waals surface area (Å²) in [6.45, 7) is 12.4. The number of hydrogen-bond donors (Lipinski definition) is 0. The highest BCUT2D eigenvalue weighted by molar-refractivity contribution is 7.91. The van der Waals surface area contributed by atoms with Gasteiger partial charge in [-0.05, 0) is 43.9 Å². The van der Waals surface area contributed by atoms with E-state index in [0.717, 1.165) is 24.5 Å². The molecule has 3 rings (SSSR count). The summed E-state index contributed by atoms with van der Waals surface area (Å²) < 4.78 is 25.6. The van der Waals surface area contributed by atoms with Gasteiger partial charge in [-0.15, -0.1) is 0 Å². The molecule has 0 bridgehead atoms. The van der Waals surface area contributed by atoms with Gasteiger partial charge in [-0.1, -0.05) is 45.0 Å². The Morgan fingerprint density at radius 2 is 1.79 bits per heavy atom. The summed E-state index contributed by atoms with van der Waals surface area (Å²) in [5, 5.41) is 4.68. The van der Waals surface area contributed by atoms with E-state index in [1.165, 1.54) is 16.7 Å². The Labute approximate surface area is 169 Å². The average molecular weight is 404 g/mol. The lowest BCUT2D eigenvalue weighted by Crippen LogP contribution is -2.19. The Bertz CT molecular complexity index is 937. The highest BCUT2D eigenvalue weighted by atomic mass is 32.2. The van der Waals surface area contributed by atoms with Crippen molar-refractivity contribution in [1.29, 1.82) is 0 Å². The fraction of sp³-hybridized carbons (Fsp3) is 0.591. The van der Waals surface area contributed by atoms with Gasteiger partial charge in [-0.25, -0.2) is 8.42 Å². The number of sulfone groups is 1. The van der Waals surface area contributed by atoms with Crippen molar-refractivity contribution >= 4 is 9.84 Å². The van der Waals surface area contributed by atoms with E-state index in [1.54, 1.807) is 0 Å². The molecule has 0 saturated carbocycles. The van der Waals surface area contributed by atoms with E-state index in [2.05, 4.69) is 69.0 Å². The minimum atomic E-state index is -2.91. The van der Waals surface area contributed by atoms with Gasteiger partial charge in [-0.2, -0.15) is 5.10 Å². The molecular weight excluding hydrogens is 370 g/mol. The second-order valence-electron chi connectivity index (χ2n) is 9.27. The van der Waals surface area contributed by atoms with Gasteiger partial charge in [0.15, 0.2) is 9.84 Å². The molecule has 2 heterocycles. The smallest absolute Gasteiger partial charge is 0.152 e. The molecule has 0 N–H and O–H groups in total. The summed E-state index contributed by atoms with van der Waals surface area (Å²) in [4.78, 5) is 2.29. The third-order valence-corrected chi connectivity index (χ3v) is 7.48. The van der Waals surface area contributed by atoms with Crippen LogP contribution in [0.15, 0.2) is 24.3 Å². The molecule has 154 valence electrons. The van der Waals surface area contributed by atoms with Crippen LogP contribution in [0.1, 0.15) is 61.3 Å². The molecule has 0 radical (unpaired) electrons. The van der Waals surface area contributed by atoms with Crippen molar-refractivity contribution < 1.29 is 8.42 Å². The Kier molecular flexibility index (Phi) is 5.74. The van der Waals surface area contributed by atoms with E-state index in [-0.39, 0.29) is 23.0 Å². The maximum absolute atomic E-state index is 11.8. The molecule has 6 heteroatoms. The Balaban J connectivity index is 1.70. The van der Waals surface area contributed by atoms with Crippen molar-refractivity contribution in [3.05, 3.63) is 52.3 Å². The van der Waals surface area contributed by atoms with Crippen molar-refractivity contribution in [2.45, 2.75) is 65.6 Å². The van der Waals surface area contributed by atoms with Crippen LogP contribution >= 0.6 is 0 Å². The fourth-order valence-corrected chi connectivity index (χ4v) is 5.69. The number of rotatable bonds is 5. The maximum Gasteiger partial charge on any atom is 0.152 e. The van der Waals surface area contributed by atoms with Gasteiger partial charge in [-0.3, -0.25) is 9.58 Å². The van der Waals surface area contributed by atoms with Gasteiger partial charge in [0.1, 0.15) is 0 Å². The lowest BCUT2D eigenvalue weighted by molar-refractivity contribution is 0.317. The average Bonchev–Trinajstić information content (AvgIpc) is 3.08. The lowest BCUT2D eigenvalue weighted by Gasteiger charge is -2.21. The molecule has 1 atom stereocenters. The second kappa shape index (κ2) is 7.64. The summed E-state index contributed by atoms with van der Waals surface area (Å²) in [5.41, 5.74) is 6.10. The highest BCUT2D eigenvalue weighted by Gasteiger charge is 2.31. The minimum absolute atomic E-state index is 0.0206. The largest absolute Gasteiger partial charge is 0.298 e. The third-order valence-electron chi connectivity index (χ3n) is 5.73. The molecule has 1 saturated heterocycles. The molecule has 1 aromatic heterocycles. The molecular formula is C22H33N3O2S. The predicted octanol–water partition coefficient (Wildman–Crippen LogP) is 3.79. The van der Waals surface area contributed by atoms with E-state index in [4.69, 9.17) is 0 Å². The van der Waals surface area contributed by atoms with E-state index >= 15 is 0 Å². The molecule has 5 nitrogen and oxygen atoms in total. The first-order chi connectivity index (χ1) is 13.0. The number of aromatic nitrogens is 2. The normalized spacial score (nSPS) is 19.5. The van der Waals surface area contributed by atoms with Crippen molar-refractivity contribution in [2.24, 2.45) is 0 Å². The quantitative estimate of drug-likeness (QED) is 0.762. The molecule has 1 fully saturated rings. The zero-order chi connectivity index (χ0) is 20.7. The monoisotopic (exact) mass is 403 g/mol. The number of nitrogens with zero attached hydrogens (tertiary/aromatic N) is 3. The Morgan fingerprint density at radius 3 is 2.32 bits per heavy atom. The van der Waals surface area contributed by atoms with Crippen molar-refractivity contribution in [3.63, 3.8) is 0 Å². The van der Waals surface area contributed by atoms with Crippen LogP contribution in [-0.4, -0.2) is 41.7 Å². The van der Waals surface area contributed by atoms with Crippen LogP contribution < -0.4 is 0 Å². The summed E-state index contributed by atoms with van der Waals surface area (Å²) in [6.07, 6.45) is 0.666. The fourth-order valence-electron chi connectivity index (χ4n) is 4.00. The molecule has 0 unspecified atom stereocenters. The maximum atomic E-state index is 11.8. The highest BCUT2D eigenvalue weighted by Crippen LogP contribution is 2.27. The van der Waals surface area contributed by atoms with Gasteiger partial charge in [0.2, 0.25) is 0 Å². The van der Waals surface area contributed by atoms with Crippen LogP contribution in [0, 0.1) is 13.8 Å². The summed E-state index contributed by atoms with van der Waals surface area (Å²) in [6, 6.07) is 8.84. The third kappa shape index (κ3) is 4.66. The zero-order valence-corrected chi connectivity index (χ0v) is 18.8. The first-order valence-electron chi connectivity index (χ1n) is 9.99. The second-order valence-corrected chi connectivity index (χ2v) is 11.5. The first kappa shape index (κ1) is 21.1. The van der Waals surface area contributed by atoms with Crippen LogP contribution in [0.5, 0.6) is 0 Å². The lowest BCUT2D eigenvalue weighted by atomic mass is 9.87. The van der Waals surface area contributed by atoms with Crippen LogP contribution in [0.25, 0.3) is 0 Å².